The molecule has 3 nitrogen and oxygen atoms in total. The number of hydrogen-bond acceptors (Lipinski definition) is 2. The molecule has 1 aromatic carbocycles. The summed E-state index contributed by atoms with van der Waals surface area (Å²) in [5.74, 6) is -0.337. The first-order chi connectivity index (χ1) is 10.2. The Bertz CT molecular complexity index is 736. The average molecular weight is 305 g/mol. The van der Waals surface area contributed by atoms with Gasteiger partial charge in [-0.15, -0.1) is 0 Å². The molecular weight excluding hydrogens is 287 g/mol. The van der Waals surface area contributed by atoms with Crippen LogP contribution in [0.25, 0.3) is 17.0 Å². The fourth-order valence-electron chi connectivity index (χ4n) is 2.41. The van der Waals surface area contributed by atoms with E-state index >= 15 is 0 Å². The van der Waals surface area contributed by atoms with Gasteiger partial charge in [0.2, 0.25) is 0 Å². The maximum Gasteiger partial charge on any atom is 0.525 e. The van der Waals surface area contributed by atoms with E-state index in [1.807, 2.05) is 27.7 Å². The quantitative estimate of drug-likeness (QED) is 0.842. The summed E-state index contributed by atoms with van der Waals surface area (Å²) in [5, 5.41) is 0.744. The SMILES string of the molecule is CC1(C)OB(C(F)=Cc2c[nH]c3cc(F)ccc23)OC1(C)C. The summed E-state index contributed by atoms with van der Waals surface area (Å²) in [6, 6.07) is 4.34. The molecule has 3 rings (SSSR count). The van der Waals surface area contributed by atoms with Gasteiger partial charge in [-0.1, -0.05) is 0 Å². The smallest absolute Gasteiger partial charge is 0.398 e. The van der Waals surface area contributed by atoms with Crippen LogP contribution in [0, 0.1) is 5.82 Å². The molecule has 0 atom stereocenters. The molecule has 1 N–H and O–H groups in total. The van der Waals surface area contributed by atoms with Crippen molar-refractivity contribution in [1.29, 1.82) is 0 Å². The maximum absolute atomic E-state index is 14.5. The predicted molar refractivity (Wildman–Crippen MR) is 83.4 cm³/mol. The standard InChI is InChI=1S/C16H18BF2NO2/c1-15(2)16(3,4)22-17(21-15)14(19)7-10-9-20-13-8-11(18)5-6-12(10)13/h5-9,20H,1-4H3. The molecule has 0 saturated carbocycles. The van der Waals surface area contributed by atoms with Crippen molar-refractivity contribution in [1.82, 2.24) is 4.98 Å². The lowest BCUT2D eigenvalue weighted by atomic mass is 9.87. The third kappa shape index (κ3) is 2.46. The first kappa shape index (κ1) is 15.2. The van der Waals surface area contributed by atoms with Crippen LogP contribution in [0.5, 0.6) is 0 Å². The Morgan fingerprint density at radius 3 is 2.45 bits per heavy atom. The molecular formula is C16H18BF2NO2. The van der Waals surface area contributed by atoms with Crippen molar-refractivity contribution in [3.8, 4) is 0 Å². The Kier molecular flexibility index (Phi) is 3.42. The summed E-state index contributed by atoms with van der Waals surface area (Å²) in [6.45, 7) is 7.48. The van der Waals surface area contributed by atoms with Crippen LogP contribution < -0.4 is 0 Å². The Morgan fingerprint density at radius 2 is 1.82 bits per heavy atom. The van der Waals surface area contributed by atoms with Crippen molar-refractivity contribution >= 4 is 24.1 Å². The molecule has 0 radical (unpaired) electrons. The van der Waals surface area contributed by atoms with Crippen molar-refractivity contribution in [2.45, 2.75) is 38.9 Å². The van der Waals surface area contributed by atoms with Crippen LogP contribution in [0.15, 0.2) is 30.1 Å². The van der Waals surface area contributed by atoms with E-state index in [1.54, 1.807) is 12.3 Å². The highest BCUT2D eigenvalue weighted by atomic mass is 19.1. The number of aromatic amines is 1. The second-order valence-corrected chi connectivity index (χ2v) is 6.55. The number of hydrogen-bond donors (Lipinski definition) is 1. The average Bonchev–Trinajstić information content (AvgIpc) is 2.88. The van der Waals surface area contributed by atoms with Gasteiger partial charge in [-0.3, -0.25) is 0 Å². The molecule has 6 heteroatoms. The summed E-state index contributed by atoms with van der Waals surface area (Å²) in [4.78, 5) is 2.92. The van der Waals surface area contributed by atoms with E-state index in [0.717, 1.165) is 5.39 Å². The summed E-state index contributed by atoms with van der Waals surface area (Å²) in [7, 11) is -1.03. The van der Waals surface area contributed by atoms with Gasteiger partial charge in [0, 0.05) is 22.7 Å². The largest absolute Gasteiger partial charge is 0.525 e. The molecule has 1 aliphatic heterocycles. The first-order valence-corrected chi connectivity index (χ1v) is 7.19. The highest BCUT2D eigenvalue weighted by molar-refractivity contribution is 6.54. The normalized spacial score (nSPS) is 20.8. The first-order valence-electron chi connectivity index (χ1n) is 7.19. The van der Waals surface area contributed by atoms with Gasteiger partial charge in [0.05, 0.1) is 11.2 Å². The number of H-pyrrole nitrogens is 1. The van der Waals surface area contributed by atoms with Gasteiger partial charge < -0.3 is 14.3 Å². The summed E-state index contributed by atoms with van der Waals surface area (Å²) >= 11 is 0. The second-order valence-electron chi connectivity index (χ2n) is 6.55. The molecule has 0 spiro atoms. The summed E-state index contributed by atoms with van der Waals surface area (Å²) < 4.78 is 39.0. The minimum absolute atomic E-state index is 0.337. The predicted octanol–water partition coefficient (Wildman–Crippen LogP) is 4.25. The number of nitrogens with one attached hydrogen (secondary N) is 1. The van der Waals surface area contributed by atoms with E-state index in [0.29, 0.717) is 11.1 Å². The zero-order valence-electron chi connectivity index (χ0n) is 13.0. The molecule has 1 fully saturated rings. The van der Waals surface area contributed by atoms with Gasteiger partial charge in [0.25, 0.3) is 0 Å². The van der Waals surface area contributed by atoms with Crippen molar-refractivity contribution in [3.63, 3.8) is 0 Å². The number of benzene rings is 1. The fourth-order valence-corrected chi connectivity index (χ4v) is 2.41. The van der Waals surface area contributed by atoms with Gasteiger partial charge in [-0.05, 0) is 52.0 Å². The molecule has 0 aliphatic carbocycles. The van der Waals surface area contributed by atoms with Crippen molar-refractivity contribution in [2.75, 3.05) is 0 Å². The van der Waals surface area contributed by atoms with Gasteiger partial charge in [-0.25, -0.2) is 8.78 Å². The highest BCUT2D eigenvalue weighted by Crippen LogP contribution is 2.39. The molecule has 0 unspecified atom stereocenters. The Balaban J connectivity index is 1.91. The van der Waals surface area contributed by atoms with E-state index in [4.69, 9.17) is 9.31 Å². The minimum atomic E-state index is -1.03. The Labute approximate surface area is 128 Å². The van der Waals surface area contributed by atoms with E-state index in [2.05, 4.69) is 4.98 Å². The van der Waals surface area contributed by atoms with Gasteiger partial charge in [-0.2, -0.15) is 0 Å². The van der Waals surface area contributed by atoms with Gasteiger partial charge in [0.1, 0.15) is 11.5 Å². The van der Waals surface area contributed by atoms with E-state index in [-0.39, 0.29) is 5.82 Å². The third-order valence-corrected chi connectivity index (χ3v) is 4.45. The molecule has 1 aromatic heterocycles. The Morgan fingerprint density at radius 1 is 1.18 bits per heavy atom. The maximum atomic E-state index is 14.5. The van der Waals surface area contributed by atoms with Crippen molar-refractivity contribution < 1.29 is 18.1 Å². The number of rotatable bonds is 2. The molecule has 1 saturated heterocycles. The van der Waals surface area contributed by atoms with E-state index in [9.17, 15) is 8.78 Å². The molecule has 0 amide bonds. The number of aromatic nitrogens is 1. The van der Waals surface area contributed by atoms with E-state index in [1.165, 1.54) is 18.2 Å². The fraction of sp³-hybridized carbons (Fsp3) is 0.375. The lowest BCUT2D eigenvalue weighted by molar-refractivity contribution is 0.00578. The van der Waals surface area contributed by atoms with Crippen LogP contribution in [-0.4, -0.2) is 23.3 Å². The highest BCUT2D eigenvalue weighted by Gasteiger charge is 2.53. The molecule has 2 heterocycles. The number of halogens is 2. The lowest BCUT2D eigenvalue weighted by Gasteiger charge is -2.32. The number of fused-ring (bicyclic) bond motifs is 1. The van der Waals surface area contributed by atoms with Crippen molar-refractivity contribution in [2.24, 2.45) is 0 Å². The molecule has 0 bridgehead atoms. The molecule has 2 aromatic rings. The van der Waals surface area contributed by atoms with Crippen LogP contribution in [0.3, 0.4) is 0 Å². The second kappa shape index (κ2) is 4.93. The van der Waals surface area contributed by atoms with Crippen LogP contribution in [0.4, 0.5) is 8.78 Å². The van der Waals surface area contributed by atoms with Crippen LogP contribution in [-0.2, 0) is 9.31 Å². The molecule has 22 heavy (non-hydrogen) atoms. The van der Waals surface area contributed by atoms with Crippen LogP contribution in [0.1, 0.15) is 33.3 Å². The Hall–Kier alpha value is -1.66. The summed E-state index contributed by atoms with van der Waals surface area (Å²) in [6.07, 6.45) is 2.99. The molecule has 116 valence electrons. The van der Waals surface area contributed by atoms with Crippen molar-refractivity contribution in [3.05, 3.63) is 41.5 Å². The third-order valence-electron chi connectivity index (χ3n) is 4.45. The topological polar surface area (TPSA) is 34.2 Å². The zero-order chi connectivity index (χ0) is 16.1. The van der Waals surface area contributed by atoms with Crippen LogP contribution >= 0.6 is 0 Å². The van der Waals surface area contributed by atoms with Gasteiger partial charge >= 0.3 is 7.12 Å². The van der Waals surface area contributed by atoms with Crippen LogP contribution in [0.2, 0.25) is 0 Å². The summed E-state index contributed by atoms with van der Waals surface area (Å²) in [5.41, 5.74) is -0.447. The molecule has 1 aliphatic rings. The zero-order valence-corrected chi connectivity index (χ0v) is 13.0. The minimum Gasteiger partial charge on any atom is -0.398 e. The lowest BCUT2D eigenvalue weighted by Crippen LogP contribution is -2.41. The monoisotopic (exact) mass is 305 g/mol. The van der Waals surface area contributed by atoms with Gasteiger partial charge in [0.15, 0.2) is 0 Å². The van der Waals surface area contributed by atoms with E-state index < -0.39 is 24.0 Å².